The lowest BCUT2D eigenvalue weighted by atomic mass is 10.2. The summed E-state index contributed by atoms with van der Waals surface area (Å²) in [6, 6.07) is 3.40. The Bertz CT molecular complexity index is 428. The maximum atomic E-state index is 4.59. The number of hydrogen-bond acceptors (Lipinski definition) is 3. The Morgan fingerprint density at radius 1 is 1.33 bits per heavy atom. The van der Waals surface area contributed by atoms with Crippen molar-refractivity contribution in [2.45, 2.75) is 37.8 Å². The molecule has 1 N–H and O–H groups in total. The van der Waals surface area contributed by atoms with Crippen molar-refractivity contribution in [1.29, 1.82) is 0 Å². The molecule has 1 unspecified atom stereocenters. The van der Waals surface area contributed by atoms with Gasteiger partial charge in [0.05, 0.1) is 4.47 Å². The molecule has 1 aliphatic carbocycles. The average Bonchev–Trinajstić information content (AvgIpc) is 3.05. The van der Waals surface area contributed by atoms with Gasteiger partial charge in [-0.3, -0.25) is 0 Å². The second kappa shape index (κ2) is 5.47. The highest BCUT2D eigenvalue weighted by Gasteiger charge is 2.33. The minimum absolute atomic E-state index is 0.628. The molecule has 1 saturated carbocycles. The minimum Gasteiger partial charge on any atom is -0.351 e. The standard InChI is InChI=1S/C13H17Br2N3/c14-9-6-12(15)13(17-7-9)18(11-3-4-11)8-10-2-1-5-16-10/h6-7,10-11,16H,1-5,8H2. The lowest BCUT2D eigenvalue weighted by molar-refractivity contribution is 0.575. The van der Waals surface area contributed by atoms with Crippen molar-refractivity contribution in [1.82, 2.24) is 10.3 Å². The van der Waals surface area contributed by atoms with Crippen molar-refractivity contribution in [3.63, 3.8) is 0 Å². The molecule has 2 fully saturated rings. The second-order valence-electron chi connectivity index (χ2n) is 5.14. The zero-order chi connectivity index (χ0) is 12.5. The molecule has 0 radical (unpaired) electrons. The molecular weight excluding hydrogens is 358 g/mol. The fourth-order valence-electron chi connectivity index (χ4n) is 2.56. The predicted molar refractivity (Wildman–Crippen MR) is 81.0 cm³/mol. The monoisotopic (exact) mass is 373 g/mol. The molecule has 18 heavy (non-hydrogen) atoms. The third-order valence-corrected chi connectivity index (χ3v) is 4.64. The molecule has 1 saturated heterocycles. The summed E-state index contributed by atoms with van der Waals surface area (Å²) >= 11 is 7.10. The summed E-state index contributed by atoms with van der Waals surface area (Å²) in [7, 11) is 0. The van der Waals surface area contributed by atoms with E-state index >= 15 is 0 Å². The van der Waals surface area contributed by atoms with E-state index in [1.165, 1.54) is 25.7 Å². The number of halogens is 2. The second-order valence-corrected chi connectivity index (χ2v) is 6.91. The first-order chi connectivity index (χ1) is 8.74. The van der Waals surface area contributed by atoms with Crippen molar-refractivity contribution in [2.75, 3.05) is 18.0 Å². The molecular formula is C13H17Br2N3. The third kappa shape index (κ3) is 2.89. The Morgan fingerprint density at radius 2 is 2.17 bits per heavy atom. The van der Waals surface area contributed by atoms with Gasteiger partial charge in [0.25, 0.3) is 0 Å². The van der Waals surface area contributed by atoms with E-state index in [0.29, 0.717) is 12.1 Å². The maximum absolute atomic E-state index is 4.59. The van der Waals surface area contributed by atoms with Gasteiger partial charge in [-0.15, -0.1) is 0 Å². The van der Waals surface area contributed by atoms with Crippen LogP contribution in [0.4, 0.5) is 5.82 Å². The van der Waals surface area contributed by atoms with Gasteiger partial charge in [0, 0.05) is 29.3 Å². The summed E-state index contributed by atoms with van der Waals surface area (Å²) < 4.78 is 2.11. The van der Waals surface area contributed by atoms with Crippen LogP contribution >= 0.6 is 31.9 Å². The first-order valence-corrected chi connectivity index (χ1v) is 8.14. The first kappa shape index (κ1) is 12.9. The van der Waals surface area contributed by atoms with Crippen LogP contribution in [-0.2, 0) is 0 Å². The van der Waals surface area contributed by atoms with Crippen LogP contribution in [0.5, 0.6) is 0 Å². The minimum atomic E-state index is 0.628. The van der Waals surface area contributed by atoms with Crippen LogP contribution in [-0.4, -0.2) is 30.2 Å². The van der Waals surface area contributed by atoms with E-state index in [0.717, 1.165) is 27.9 Å². The maximum Gasteiger partial charge on any atom is 0.143 e. The fraction of sp³-hybridized carbons (Fsp3) is 0.615. The normalized spacial score (nSPS) is 23.3. The molecule has 98 valence electrons. The van der Waals surface area contributed by atoms with Gasteiger partial charge in [0.1, 0.15) is 5.82 Å². The highest BCUT2D eigenvalue weighted by atomic mass is 79.9. The highest BCUT2D eigenvalue weighted by Crippen LogP contribution is 2.35. The zero-order valence-electron chi connectivity index (χ0n) is 10.2. The number of pyridine rings is 1. The smallest absolute Gasteiger partial charge is 0.143 e. The molecule has 1 atom stereocenters. The quantitative estimate of drug-likeness (QED) is 0.876. The van der Waals surface area contributed by atoms with Crippen LogP contribution in [0.15, 0.2) is 21.2 Å². The Labute approximate surface area is 125 Å². The number of hydrogen-bond donors (Lipinski definition) is 1. The van der Waals surface area contributed by atoms with Crippen molar-refractivity contribution in [3.8, 4) is 0 Å². The number of nitrogens with zero attached hydrogens (tertiary/aromatic N) is 2. The Morgan fingerprint density at radius 3 is 2.78 bits per heavy atom. The van der Waals surface area contributed by atoms with Gasteiger partial charge in [-0.1, -0.05) is 0 Å². The van der Waals surface area contributed by atoms with Gasteiger partial charge >= 0.3 is 0 Å². The number of anilines is 1. The van der Waals surface area contributed by atoms with Crippen LogP contribution < -0.4 is 10.2 Å². The van der Waals surface area contributed by atoms with E-state index in [1.807, 2.05) is 6.20 Å². The Kier molecular flexibility index (Phi) is 3.91. The van der Waals surface area contributed by atoms with E-state index in [-0.39, 0.29) is 0 Å². The number of aromatic nitrogens is 1. The summed E-state index contributed by atoms with van der Waals surface area (Å²) in [6.45, 7) is 2.25. The molecule has 5 heteroatoms. The summed E-state index contributed by atoms with van der Waals surface area (Å²) in [5.74, 6) is 1.09. The topological polar surface area (TPSA) is 28.2 Å². The fourth-order valence-corrected chi connectivity index (χ4v) is 3.78. The van der Waals surface area contributed by atoms with Crippen molar-refractivity contribution in [2.24, 2.45) is 0 Å². The molecule has 2 heterocycles. The van der Waals surface area contributed by atoms with Gasteiger partial charge in [-0.25, -0.2) is 4.98 Å². The Hall–Kier alpha value is -0.130. The summed E-state index contributed by atoms with van der Waals surface area (Å²) in [4.78, 5) is 7.06. The zero-order valence-corrected chi connectivity index (χ0v) is 13.4. The lowest BCUT2D eigenvalue weighted by Gasteiger charge is -2.27. The van der Waals surface area contributed by atoms with Crippen LogP contribution in [0.1, 0.15) is 25.7 Å². The van der Waals surface area contributed by atoms with Crippen molar-refractivity contribution < 1.29 is 0 Å². The molecule has 2 aliphatic rings. The molecule has 0 spiro atoms. The van der Waals surface area contributed by atoms with Gasteiger partial charge in [0.15, 0.2) is 0 Å². The van der Waals surface area contributed by atoms with E-state index in [2.05, 4.69) is 53.1 Å². The van der Waals surface area contributed by atoms with E-state index in [1.54, 1.807) is 0 Å². The summed E-state index contributed by atoms with van der Waals surface area (Å²) in [6.07, 6.45) is 7.08. The van der Waals surface area contributed by atoms with Crippen LogP contribution in [0.2, 0.25) is 0 Å². The molecule has 3 nitrogen and oxygen atoms in total. The molecule has 1 aromatic heterocycles. The van der Waals surface area contributed by atoms with Gasteiger partial charge in [-0.2, -0.15) is 0 Å². The van der Waals surface area contributed by atoms with Gasteiger partial charge in [-0.05, 0) is 70.2 Å². The average molecular weight is 375 g/mol. The van der Waals surface area contributed by atoms with E-state index in [4.69, 9.17) is 0 Å². The number of rotatable bonds is 4. The van der Waals surface area contributed by atoms with E-state index in [9.17, 15) is 0 Å². The molecule has 1 aromatic rings. The van der Waals surface area contributed by atoms with Gasteiger partial charge < -0.3 is 10.2 Å². The van der Waals surface area contributed by atoms with Crippen LogP contribution in [0, 0.1) is 0 Å². The molecule has 3 rings (SSSR count). The molecule has 0 bridgehead atoms. The SMILES string of the molecule is Brc1cnc(N(CC2CCCN2)C2CC2)c(Br)c1. The predicted octanol–water partition coefficient (Wildman–Crippen LogP) is 3.33. The molecule has 0 amide bonds. The lowest BCUT2D eigenvalue weighted by Crippen LogP contribution is -2.39. The first-order valence-electron chi connectivity index (χ1n) is 6.55. The molecule has 0 aromatic carbocycles. The number of nitrogens with one attached hydrogen (secondary N) is 1. The Balaban J connectivity index is 1.79. The van der Waals surface area contributed by atoms with Crippen LogP contribution in [0.25, 0.3) is 0 Å². The largest absolute Gasteiger partial charge is 0.351 e. The summed E-state index contributed by atoms with van der Waals surface area (Å²) in [5.41, 5.74) is 0. The highest BCUT2D eigenvalue weighted by molar-refractivity contribution is 9.11. The molecule has 1 aliphatic heterocycles. The van der Waals surface area contributed by atoms with E-state index < -0.39 is 0 Å². The van der Waals surface area contributed by atoms with Crippen molar-refractivity contribution in [3.05, 3.63) is 21.2 Å². The third-order valence-electron chi connectivity index (χ3n) is 3.63. The van der Waals surface area contributed by atoms with Crippen molar-refractivity contribution >= 4 is 37.7 Å². The van der Waals surface area contributed by atoms with Gasteiger partial charge in [0.2, 0.25) is 0 Å². The summed E-state index contributed by atoms with van der Waals surface area (Å²) in [5, 5.41) is 3.58. The van der Waals surface area contributed by atoms with Crippen LogP contribution in [0.3, 0.4) is 0 Å².